The third-order valence-electron chi connectivity index (χ3n) is 2.75. The summed E-state index contributed by atoms with van der Waals surface area (Å²) in [6.45, 7) is 2.58. The summed E-state index contributed by atoms with van der Waals surface area (Å²) in [5, 5.41) is 37.7. The van der Waals surface area contributed by atoms with E-state index < -0.39 is 49.4 Å². The highest BCUT2D eigenvalue weighted by Gasteiger charge is 2.47. The summed E-state index contributed by atoms with van der Waals surface area (Å²) in [7, 11) is 0. The van der Waals surface area contributed by atoms with Crippen LogP contribution < -0.4 is 0 Å². The Hall–Kier alpha value is -0.770. The number of carbonyl (C=O) groups is 1. The van der Waals surface area contributed by atoms with E-state index >= 15 is 0 Å². The Morgan fingerprint density at radius 2 is 2.00 bits per heavy atom. The largest absolute Gasteiger partial charge is 0.452 e. The zero-order valence-corrected chi connectivity index (χ0v) is 10.8. The SMILES string of the molecule is CCOC1O[C@H](CO)[C@@H](O)[C@H](O)[C@H]1OC(=O)C(C)O. The van der Waals surface area contributed by atoms with Gasteiger partial charge in [0.2, 0.25) is 0 Å². The molecule has 1 saturated heterocycles. The Bertz CT molecular complexity index is 294. The maximum atomic E-state index is 11.3. The van der Waals surface area contributed by atoms with Gasteiger partial charge in [0.15, 0.2) is 12.4 Å². The van der Waals surface area contributed by atoms with Crippen molar-refractivity contribution in [3.05, 3.63) is 0 Å². The summed E-state index contributed by atoms with van der Waals surface area (Å²) < 4.78 is 15.2. The molecule has 19 heavy (non-hydrogen) atoms. The fourth-order valence-electron chi connectivity index (χ4n) is 1.71. The van der Waals surface area contributed by atoms with E-state index in [1.165, 1.54) is 6.92 Å². The van der Waals surface area contributed by atoms with E-state index in [4.69, 9.17) is 24.4 Å². The maximum absolute atomic E-state index is 11.3. The van der Waals surface area contributed by atoms with E-state index in [0.29, 0.717) is 0 Å². The van der Waals surface area contributed by atoms with Crippen LogP contribution in [-0.4, -0.2) is 76.4 Å². The molecule has 1 rings (SSSR count). The molecule has 0 radical (unpaired) electrons. The van der Waals surface area contributed by atoms with E-state index in [1.54, 1.807) is 6.92 Å². The quantitative estimate of drug-likeness (QED) is 0.416. The lowest BCUT2D eigenvalue weighted by atomic mass is 9.99. The van der Waals surface area contributed by atoms with Crippen molar-refractivity contribution in [3.63, 3.8) is 0 Å². The minimum atomic E-state index is -1.48. The Kier molecular flexibility index (Phi) is 6.11. The van der Waals surface area contributed by atoms with Crippen LogP contribution in [0.15, 0.2) is 0 Å². The number of hydrogen-bond donors (Lipinski definition) is 4. The maximum Gasteiger partial charge on any atom is 0.335 e. The Labute approximate surface area is 110 Å². The highest BCUT2D eigenvalue weighted by Crippen LogP contribution is 2.24. The van der Waals surface area contributed by atoms with Gasteiger partial charge >= 0.3 is 5.97 Å². The molecule has 0 aliphatic carbocycles. The van der Waals surface area contributed by atoms with Gasteiger partial charge in [-0.2, -0.15) is 0 Å². The minimum Gasteiger partial charge on any atom is -0.452 e. The molecule has 8 nitrogen and oxygen atoms in total. The van der Waals surface area contributed by atoms with E-state index in [0.717, 1.165) is 0 Å². The predicted molar refractivity (Wildman–Crippen MR) is 60.9 cm³/mol. The van der Waals surface area contributed by atoms with Crippen molar-refractivity contribution >= 4 is 5.97 Å². The minimum absolute atomic E-state index is 0.217. The van der Waals surface area contributed by atoms with E-state index in [2.05, 4.69) is 0 Å². The van der Waals surface area contributed by atoms with Gasteiger partial charge in [0.05, 0.1) is 6.61 Å². The zero-order valence-electron chi connectivity index (χ0n) is 10.8. The van der Waals surface area contributed by atoms with E-state index in [-0.39, 0.29) is 6.61 Å². The molecule has 8 heteroatoms. The average Bonchev–Trinajstić information content (AvgIpc) is 2.37. The van der Waals surface area contributed by atoms with Crippen LogP contribution in [0.1, 0.15) is 13.8 Å². The first kappa shape index (κ1) is 16.3. The van der Waals surface area contributed by atoms with Gasteiger partial charge in [-0.15, -0.1) is 0 Å². The van der Waals surface area contributed by atoms with Crippen molar-refractivity contribution in [2.45, 2.75) is 50.7 Å². The third kappa shape index (κ3) is 3.85. The number of hydrogen-bond acceptors (Lipinski definition) is 8. The molecule has 1 aliphatic heterocycles. The lowest BCUT2D eigenvalue weighted by Crippen LogP contribution is -2.60. The standard InChI is InChI=1S/C11H20O8/c1-3-17-11-9(19-10(16)5(2)13)8(15)7(14)6(4-12)18-11/h5-9,11-15H,3-4H2,1-2H3/t5?,6-,7-,8+,9-,11?/m1/s1. The molecule has 0 bridgehead atoms. The normalized spacial score (nSPS) is 36.8. The molecule has 0 aromatic rings. The van der Waals surface area contributed by atoms with Gasteiger partial charge in [-0.1, -0.05) is 0 Å². The highest BCUT2D eigenvalue weighted by molar-refractivity contribution is 5.74. The molecule has 0 aromatic carbocycles. The molecule has 1 aliphatic rings. The molecule has 0 amide bonds. The second-order valence-corrected chi connectivity index (χ2v) is 4.24. The van der Waals surface area contributed by atoms with Crippen molar-refractivity contribution in [1.29, 1.82) is 0 Å². The van der Waals surface area contributed by atoms with Crippen LogP contribution in [0.5, 0.6) is 0 Å². The number of aliphatic hydroxyl groups excluding tert-OH is 4. The monoisotopic (exact) mass is 280 g/mol. The third-order valence-corrected chi connectivity index (χ3v) is 2.75. The van der Waals surface area contributed by atoms with Crippen LogP contribution in [0.2, 0.25) is 0 Å². The number of aliphatic hydroxyl groups is 4. The lowest BCUT2D eigenvalue weighted by molar-refractivity contribution is -0.304. The van der Waals surface area contributed by atoms with E-state index in [9.17, 15) is 15.0 Å². The van der Waals surface area contributed by atoms with Crippen LogP contribution in [0, 0.1) is 0 Å². The van der Waals surface area contributed by atoms with Crippen molar-refractivity contribution in [3.8, 4) is 0 Å². The average molecular weight is 280 g/mol. The van der Waals surface area contributed by atoms with Crippen molar-refractivity contribution < 1.29 is 39.4 Å². The van der Waals surface area contributed by atoms with Crippen molar-refractivity contribution in [1.82, 2.24) is 0 Å². The van der Waals surface area contributed by atoms with Crippen LogP contribution in [0.4, 0.5) is 0 Å². The Morgan fingerprint density at radius 3 is 2.47 bits per heavy atom. The van der Waals surface area contributed by atoms with Gasteiger partial charge in [-0.25, -0.2) is 4.79 Å². The van der Waals surface area contributed by atoms with Crippen LogP contribution in [-0.2, 0) is 19.0 Å². The van der Waals surface area contributed by atoms with Crippen LogP contribution in [0.25, 0.3) is 0 Å². The van der Waals surface area contributed by atoms with Gasteiger partial charge in [-0.05, 0) is 13.8 Å². The van der Waals surface area contributed by atoms with Gasteiger partial charge in [0.1, 0.15) is 24.4 Å². The molecule has 0 spiro atoms. The number of ether oxygens (including phenoxy) is 3. The summed E-state index contributed by atoms with van der Waals surface area (Å²) in [4.78, 5) is 11.3. The van der Waals surface area contributed by atoms with Gasteiger partial charge in [-0.3, -0.25) is 0 Å². The summed E-state index contributed by atoms with van der Waals surface area (Å²) in [6.07, 6.45) is -7.71. The molecule has 1 fully saturated rings. The second kappa shape index (κ2) is 7.13. The molecule has 0 aromatic heterocycles. The molecule has 1 heterocycles. The second-order valence-electron chi connectivity index (χ2n) is 4.24. The summed E-state index contributed by atoms with van der Waals surface area (Å²) in [5.74, 6) is -0.966. The Morgan fingerprint density at radius 1 is 1.37 bits per heavy atom. The fraction of sp³-hybridized carbons (Fsp3) is 0.909. The summed E-state index contributed by atoms with van der Waals surface area (Å²) >= 11 is 0. The molecule has 4 N–H and O–H groups in total. The topological polar surface area (TPSA) is 126 Å². The van der Waals surface area contributed by atoms with Gasteiger partial charge < -0.3 is 34.6 Å². The first-order valence-corrected chi connectivity index (χ1v) is 6.05. The summed E-state index contributed by atoms with van der Waals surface area (Å²) in [5.41, 5.74) is 0. The highest BCUT2D eigenvalue weighted by atomic mass is 16.7. The van der Waals surface area contributed by atoms with Crippen LogP contribution in [0.3, 0.4) is 0 Å². The molecule has 0 saturated carbocycles. The van der Waals surface area contributed by atoms with Gasteiger partial charge in [0.25, 0.3) is 0 Å². The van der Waals surface area contributed by atoms with Crippen molar-refractivity contribution in [2.75, 3.05) is 13.2 Å². The first-order chi connectivity index (χ1) is 8.92. The number of carbonyl (C=O) groups excluding carboxylic acids is 1. The van der Waals surface area contributed by atoms with Crippen LogP contribution >= 0.6 is 0 Å². The predicted octanol–water partition coefficient (Wildman–Crippen LogP) is -2.25. The molecule has 112 valence electrons. The van der Waals surface area contributed by atoms with E-state index in [1.807, 2.05) is 0 Å². The van der Waals surface area contributed by atoms with Crippen molar-refractivity contribution in [2.24, 2.45) is 0 Å². The smallest absolute Gasteiger partial charge is 0.335 e. The van der Waals surface area contributed by atoms with Gasteiger partial charge in [0, 0.05) is 6.61 Å². The molecule has 2 unspecified atom stereocenters. The first-order valence-electron chi connectivity index (χ1n) is 6.05. The number of esters is 1. The molecule has 6 atom stereocenters. The zero-order chi connectivity index (χ0) is 14.6. The Balaban J connectivity index is 2.81. The lowest BCUT2D eigenvalue weighted by Gasteiger charge is -2.41. The molecular weight excluding hydrogens is 260 g/mol. The molecular formula is C11H20O8. The fourth-order valence-corrected chi connectivity index (χ4v) is 1.71. The number of rotatable bonds is 5. The summed E-state index contributed by atoms with van der Waals surface area (Å²) in [6, 6.07) is 0.